The summed E-state index contributed by atoms with van der Waals surface area (Å²) >= 11 is 1.89. The van der Waals surface area contributed by atoms with Crippen molar-refractivity contribution in [3.63, 3.8) is 0 Å². The molecule has 0 radical (unpaired) electrons. The number of thioether (sulfide) groups is 1. The van der Waals surface area contributed by atoms with E-state index in [1.807, 2.05) is 11.8 Å². The highest BCUT2D eigenvalue weighted by molar-refractivity contribution is 8.00. The number of fused-ring (bicyclic) bond motifs is 1. The van der Waals surface area contributed by atoms with E-state index in [2.05, 4.69) is 4.72 Å². The van der Waals surface area contributed by atoms with Crippen LogP contribution in [0.4, 0.5) is 5.69 Å². The standard InChI is InChI=1S/C18H26N2O3S2/c1-14(21)20-11-9-15-13-17(7-8-18(15)20)25(22,23)19-10-12-24-16-5-3-2-4-6-16/h7-8,13,16,19H,2-6,9-12H2,1H3. The molecule has 1 amide bonds. The lowest BCUT2D eigenvalue weighted by Crippen LogP contribution is -2.27. The SMILES string of the molecule is CC(=O)N1CCc2cc(S(=O)(=O)NCCSC3CCCCC3)ccc21. The molecule has 0 spiro atoms. The van der Waals surface area contributed by atoms with Gasteiger partial charge in [-0.05, 0) is 43.0 Å². The summed E-state index contributed by atoms with van der Waals surface area (Å²) in [6.07, 6.45) is 7.16. The summed E-state index contributed by atoms with van der Waals surface area (Å²) in [6.45, 7) is 2.62. The Morgan fingerprint density at radius 1 is 1.28 bits per heavy atom. The van der Waals surface area contributed by atoms with Crippen molar-refractivity contribution in [2.45, 2.75) is 55.6 Å². The van der Waals surface area contributed by atoms with Crippen molar-refractivity contribution in [2.24, 2.45) is 0 Å². The van der Waals surface area contributed by atoms with Gasteiger partial charge in [0, 0.05) is 36.7 Å². The van der Waals surface area contributed by atoms with Gasteiger partial charge in [0.05, 0.1) is 4.90 Å². The summed E-state index contributed by atoms with van der Waals surface area (Å²) in [4.78, 5) is 13.6. The Morgan fingerprint density at radius 2 is 2.04 bits per heavy atom. The number of carbonyl (C=O) groups excluding carboxylic acids is 1. The van der Waals surface area contributed by atoms with Crippen LogP contribution in [-0.4, -0.2) is 38.4 Å². The average Bonchev–Trinajstić information content (AvgIpc) is 3.03. The Hall–Kier alpha value is -1.05. The summed E-state index contributed by atoms with van der Waals surface area (Å²) in [5.74, 6) is 0.805. The van der Waals surface area contributed by atoms with Crippen molar-refractivity contribution in [1.29, 1.82) is 0 Å². The van der Waals surface area contributed by atoms with Crippen molar-refractivity contribution in [3.05, 3.63) is 23.8 Å². The molecule has 1 aliphatic carbocycles. The third kappa shape index (κ3) is 4.57. The minimum atomic E-state index is -3.49. The summed E-state index contributed by atoms with van der Waals surface area (Å²) in [5.41, 5.74) is 1.76. The van der Waals surface area contributed by atoms with Crippen LogP contribution in [0.3, 0.4) is 0 Å². The lowest BCUT2D eigenvalue weighted by atomic mass is 10.0. The molecule has 1 aromatic rings. The van der Waals surface area contributed by atoms with E-state index < -0.39 is 10.0 Å². The number of amides is 1. The van der Waals surface area contributed by atoms with Gasteiger partial charge in [-0.1, -0.05) is 19.3 Å². The second kappa shape index (κ2) is 8.10. The van der Waals surface area contributed by atoms with Gasteiger partial charge < -0.3 is 4.90 Å². The fourth-order valence-electron chi connectivity index (χ4n) is 3.59. The first-order chi connectivity index (χ1) is 12.0. The minimum absolute atomic E-state index is 0.00720. The predicted octanol–water partition coefficient (Wildman–Crippen LogP) is 2.94. The van der Waals surface area contributed by atoms with Crippen LogP contribution in [0, 0.1) is 0 Å². The van der Waals surface area contributed by atoms with Gasteiger partial charge in [-0.25, -0.2) is 13.1 Å². The third-order valence-corrected chi connectivity index (χ3v) is 7.78. The molecular weight excluding hydrogens is 356 g/mol. The first-order valence-corrected chi connectivity index (χ1v) is 11.5. The smallest absolute Gasteiger partial charge is 0.240 e. The van der Waals surface area contributed by atoms with Gasteiger partial charge in [0.15, 0.2) is 0 Å². The van der Waals surface area contributed by atoms with Crippen molar-refractivity contribution < 1.29 is 13.2 Å². The quantitative estimate of drug-likeness (QED) is 0.768. The van der Waals surface area contributed by atoms with Crippen molar-refractivity contribution in [3.8, 4) is 0 Å². The summed E-state index contributed by atoms with van der Waals surface area (Å²) in [7, 11) is -3.49. The number of sulfonamides is 1. The fourth-order valence-corrected chi connectivity index (χ4v) is 6.02. The highest BCUT2D eigenvalue weighted by atomic mass is 32.2. The molecule has 1 heterocycles. The van der Waals surface area contributed by atoms with Gasteiger partial charge >= 0.3 is 0 Å². The van der Waals surface area contributed by atoms with Crippen molar-refractivity contribution >= 4 is 33.4 Å². The second-order valence-electron chi connectivity index (χ2n) is 6.74. The van der Waals surface area contributed by atoms with Gasteiger partial charge in [-0.2, -0.15) is 11.8 Å². The summed E-state index contributed by atoms with van der Waals surface area (Å²) in [6, 6.07) is 5.04. The Kier molecular flexibility index (Phi) is 6.07. The van der Waals surface area contributed by atoms with E-state index in [4.69, 9.17) is 0 Å². The van der Waals surface area contributed by atoms with Gasteiger partial charge in [-0.15, -0.1) is 0 Å². The van der Waals surface area contributed by atoms with Crippen LogP contribution in [0.25, 0.3) is 0 Å². The molecule has 1 N–H and O–H groups in total. The molecule has 3 rings (SSSR count). The molecule has 5 nitrogen and oxygen atoms in total. The Labute approximate surface area is 154 Å². The predicted molar refractivity (Wildman–Crippen MR) is 103 cm³/mol. The maximum absolute atomic E-state index is 12.5. The monoisotopic (exact) mass is 382 g/mol. The first kappa shape index (κ1) is 18.7. The van der Waals surface area contributed by atoms with Crippen LogP contribution in [0.2, 0.25) is 0 Å². The van der Waals surface area contributed by atoms with Crippen molar-refractivity contribution in [2.75, 3.05) is 23.7 Å². The number of hydrogen-bond donors (Lipinski definition) is 1. The Morgan fingerprint density at radius 3 is 2.76 bits per heavy atom. The highest BCUT2D eigenvalue weighted by Crippen LogP contribution is 2.30. The molecule has 25 heavy (non-hydrogen) atoms. The van der Waals surface area contributed by atoms with Crippen LogP contribution in [0.15, 0.2) is 23.1 Å². The van der Waals surface area contributed by atoms with E-state index in [0.29, 0.717) is 29.7 Å². The molecule has 0 aromatic heterocycles. The molecule has 1 aromatic carbocycles. The molecule has 0 bridgehead atoms. The topological polar surface area (TPSA) is 66.5 Å². The van der Waals surface area contributed by atoms with Gasteiger partial charge in [0.25, 0.3) is 0 Å². The normalized spacial score (nSPS) is 18.4. The molecule has 138 valence electrons. The van der Waals surface area contributed by atoms with Crippen LogP contribution < -0.4 is 9.62 Å². The fraction of sp³-hybridized carbons (Fsp3) is 0.611. The molecule has 0 unspecified atom stereocenters. The maximum atomic E-state index is 12.5. The van der Waals surface area contributed by atoms with E-state index in [-0.39, 0.29) is 5.91 Å². The minimum Gasteiger partial charge on any atom is -0.312 e. The molecule has 0 saturated heterocycles. The number of hydrogen-bond acceptors (Lipinski definition) is 4. The number of benzene rings is 1. The highest BCUT2D eigenvalue weighted by Gasteiger charge is 2.24. The largest absolute Gasteiger partial charge is 0.312 e. The zero-order valence-corrected chi connectivity index (χ0v) is 16.3. The van der Waals surface area contributed by atoms with E-state index >= 15 is 0 Å². The van der Waals surface area contributed by atoms with E-state index in [1.54, 1.807) is 23.1 Å². The Bertz CT molecular complexity index is 728. The van der Waals surface area contributed by atoms with E-state index in [9.17, 15) is 13.2 Å². The number of nitrogens with one attached hydrogen (secondary N) is 1. The van der Waals surface area contributed by atoms with E-state index in [0.717, 1.165) is 17.0 Å². The van der Waals surface area contributed by atoms with Crippen LogP contribution in [0.5, 0.6) is 0 Å². The number of nitrogens with zero attached hydrogens (tertiary/aromatic N) is 1. The lowest BCUT2D eigenvalue weighted by Gasteiger charge is -2.20. The van der Waals surface area contributed by atoms with Crippen molar-refractivity contribution in [1.82, 2.24) is 4.72 Å². The zero-order valence-electron chi connectivity index (χ0n) is 14.7. The van der Waals surface area contributed by atoms with Crippen LogP contribution >= 0.6 is 11.8 Å². The lowest BCUT2D eigenvalue weighted by molar-refractivity contribution is -0.116. The molecular formula is C18H26N2O3S2. The van der Waals surface area contributed by atoms with Gasteiger partial charge in [0.2, 0.25) is 15.9 Å². The molecule has 2 aliphatic rings. The average molecular weight is 383 g/mol. The van der Waals surface area contributed by atoms with Gasteiger partial charge in [-0.3, -0.25) is 4.79 Å². The first-order valence-electron chi connectivity index (χ1n) is 9.00. The molecule has 7 heteroatoms. The van der Waals surface area contributed by atoms with Gasteiger partial charge in [0.1, 0.15) is 0 Å². The maximum Gasteiger partial charge on any atom is 0.240 e. The van der Waals surface area contributed by atoms with Crippen LogP contribution in [-0.2, 0) is 21.2 Å². The van der Waals surface area contributed by atoms with Crippen LogP contribution in [0.1, 0.15) is 44.6 Å². The molecule has 1 saturated carbocycles. The third-order valence-electron chi connectivity index (χ3n) is 4.94. The Balaban J connectivity index is 1.56. The molecule has 1 fully saturated rings. The molecule has 0 atom stereocenters. The number of rotatable bonds is 6. The zero-order chi connectivity index (χ0) is 17.9. The second-order valence-corrected chi connectivity index (χ2v) is 9.91. The van der Waals surface area contributed by atoms with E-state index in [1.165, 1.54) is 39.0 Å². The number of anilines is 1. The molecule has 1 aliphatic heterocycles. The summed E-state index contributed by atoms with van der Waals surface area (Å²) in [5, 5.41) is 0.691. The number of carbonyl (C=O) groups is 1. The summed E-state index contributed by atoms with van der Waals surface area (Å²) < 4.78 is 27.7.